The fraction of sp³-hybridized carbons (Fsp3) is 0.941. The third-order valence-electron chi connectivity index (χ3n) is 4.37. The summed E-state index contributed by atoms with van der Waals surface area (Å²) in [6, 6.07) is 0. The molecule has 1 rings (SSSR count). The van der Waals surface area contributed by atoms with Crippen LogP contribution < -0.4 is 10.0 Å². The number of guanidine groups is 1. The number of hydrogen-bond donors (Lipinski definition) is 2. The van der Waals surface area contributed by atoms with Crippen LogP contribution in [0.2, 0.25) is 0 Å². The Morgan fingerprint density at radius 3 is 2.43 bits per heavy atom. The fourth-order valence-corrected chi connectivity index (χ4v) is 4.40. The summed E-state index contributed by atoms with van der Waals surface area (Å²) in [6.07, 6.45) is -2.29. The van der Waals surface area contributed by atoms with Crippen molar-refractivity contribution in [3.05, 3.63) is 0 Å². The van der Waals surface area contributed by atoms with E-state index < -0.39 is 28.3 Å². The van der Waals surface area contributed by atoms with E-state index in [-0.39, 0.29) is 12.5 Å². The van der Waals surface area contributed by atoms with Gasteiger partial charge in [-0.15, -0.1) is 0 Å². The molecule has 7 nitrogen and oxygen atoms in total. The lowest BCUT2D eigenvalue weighted by atomic mass is 10.1. The average Bonchev–Trinajstić information content (AvgIpc) is 2.95. The van der Waals surface area contributed by atoms with Crippen molar-refractivity contribution in [2.24, 2.45) is 10.9 Å². The monoisotopic (exact) mass is 429 g/mol. The largest absolute Gasteiger partial charge is 0.401 e. The number of halogens is 3. The Morgan fingerprint density at radius 1 is 1.29 bits per heavy atom. The predicted octanol–water partition coefficient (Wildman–Crippen LogP) is 1.49. The second-order valence-electron chi connectivity index (χ2n) is 7.97. The number of aliphatic imine (C=N–C) groups is 1. The van der Waals surface area contributed by atoms with E-state index in [9.17, 15) is 21.6 Å². The highest BCUT2D eigenvalue weighted by molar-refractivity contribution is 7.88. The zero-order chi connectivity index (χ0) is 21.6. The van der Waals surface area contributed by atoms with Crippen LogP contribution in [0.1, 0.15) is 34.1 Å². The number of likely N-dealkylation sites (tertiary alicyclic amines) is 1. The lowest BCUT2D eigenvalue weighted by molar-refractivity contribution is -0.146. The van der Waals surface area contributed by atoms with Crippen LogP contribution in [0.3, 0.4) is 0 Å². The van der Waals surface area contributed by atoms with E-state index in [1.54, 1.807) is 20.8 Å². The molecule has 0 aromatic rings. The molecule has 0 amide bonds. The molecule has 1 fully saturated rings. The van der Waals surface area contributed by atoms with Gasteiger partial charge in [-0.2, -0.15) is 13.2 Å². The van der Waals surface area contributed by atoms with E-state index in [2.05, 4.69) is 15.0 Å². The Balaban J connectivity index is 2.72. The summed E-state index contributed by atoms with van der Waals surface area (Å²) in [5.41, 5.74) is -0.737. The van der Waals surface area contributed by atoms with Crippen LogP contribution in [-0.4, -0.2) is 88.0 Å². The maximum absolute atomic E-state index is 12.7. The molecule has 1 atom stereocenters. The Morgan fingerprint density at radius 2 is 1.93 bits per heavy atom. The summed E-state index contributed by atoms with van der Waals surface area (Å²) >= 11 is 0. The van der Waals surface area contributed by atoms with Crippen molar-refractivity contribution < 1.29 is 21.6 Å². The zero-order valence-corrected chi connectivity index (χ0v) is 18.3. The SMILES string of the molecule is CCNC(=NCC(C)(C)NS(C)(=O)=O)N1CCC(CN(CC)CC(F)(F)F)C1. The fourth-order valence-electron chi connectivity index (χ4n) is 3.33. The van der Waals surface area contributed by atoms with Crippen molar-refractivity contribution in [3.8, 4) is 0 Å². The van der Waals surface area contributed by atoms with Gasteiger partial charge in [0.1, 0.15) is 0 Å². The molecule has 0 aromatic heterocycles. The Hall–Kier alpha value is -1.07. The molecule has 0 bridgehead atoms. The first kappa shape index (κ1) is 25.0. The highest BCUT2D eigenvalue weighted by Gasteiger charge is 2.33. The number of nitrogens with zero attached hydrogens (tertiary/aromatic N) is 3. The molecule has 1 aliphatic heterocycles. The number of nitrogens with one attached hydrogen (secondary N) is 2. The maximum Gasteiger partial charge on any atom is 0.401 e. The van der Waals surface area contributed by atoms with Crippen molar-refractivity contribution in [1.82, 2.24) is 19.8 Å². The zero-order valence-electron chi connectivity index (χ0n) is 17.4. The van der Waals surface area contributed by atoms with Crippen LogP contribution in [0.15, 0.2) is 4.99 Å². The van der Waals surface area contributed by atoms with Gasteiger partial charge in [-0.3, -0.25) is 9.89 Å². The van der Waals surface area contributed by atoms with Gasteiger partial charge < -0.3 is 10.2 Å². The first-order valence-electron chi connectivity index (χ1n) is 9.56. The standard InChI is InChI=1S/C17H34F3N5O2S/c1-6-21-15(22-12-16(3,4)23-28(5,26)27)25-9-8-14(11-25)10-24(7-2)13-17(18,19)20/h14,23H,6-13H2,1-5H3,(H,21,22). The van der Waals surface area contributed by atoms with E-state index in [0.717, 1.165) is 12.7 Å². The quantitative estimate of drug-likeness (QED) is 0.429. The van der Waals surface area contributed by atoms with Gasteiger partial charge in [0, 0.05) is 31.7 Å². The van der Waals surface area contributed by atoms with Crippen LogP contribution in [0.25, 0.3) is 0 Å². The van der Waals surface area contributed by atoms with Crippen molar-refractivity contribution in [3.63, 3.8) is 0 Å². The Labute approximate surface area is 166 Å². The second kappa shape index (κ2) is 10.1. The summed E-state index contributed by atoms with van der Waals surface area (Å²) in [7, 11) is -3.35. The van der Waals surface area contributed by atoms with Crippen LogP contribution in [0, 0.1) is 5.92 Å². The van der Waals surface area contributed by atoms with Crippen LogP contribution >= 0.6 is 0 Å². The van der Waals surface area contributed by atoms with Gasteiger partial charge in [0.05, 0.1) is 19.3 Å². The second-order valence-corrected chi connectivity index (χ2v) is 9.72. The summed E-state index contributed by atoms with van der Waals surface area (Å²) in [5.74, 6) is 0.792. The van der Waals surface area contributed by atoms with Crippen molar-refractivity contribution in [2.45, 2.75) is 45.8 Å². The number of rotatable bonds is 9. The minimum Gasteiger partial charge on any atom is -0.357 e. The van der Waals surface area contributed by atoms with E-state index in [1.165, 1.54) is 4.90 Å². The average molecular weight is 430 g/mol. The summed E-state index contributed by atoms with van der Waals surface area (Å²) in [6.45, 7) is 9.27. The Bertz CT molecular complexity index is 623. The minimum atomic E-state index is -4.19. The number of alkyl halides is 3. The molecule has 2 N–H and O–H groups in total. The molecule has 1 saturated heterocycles. The van der Waals surface area contributed by atoms with Gasteiger partial charge in [0.2, 0.25) is 10.0 Å². The van der Waals surface area contributed by atoms with Gasteiger partial charge in [-0.1, -0.05) is 6.92 Å². The molecule has 0 spiro atoms. The molecule has 11 heteroatoms. The minimum absolute atomic E-state index is 0.133. The van der Waals surface area contributed by atoms with Crippen LogP contribution in [-0.2, 0) is 10.0 Å². The number of sulfonamides is 1. The molecule has 166 valence electrons. The highest BCUT2D eigenvalue weighted by atomic mass is 32.2. The van der Waals surface area contributed by atoms with Gasteiger partial charge in [-0.25, -0.2) is 13.1 Å². The summed E-state index contributed by atoms with van der Waals surface area (Å²) < 4.78 is 63.5. The molecular formula is C17H34F3N5O2S. The van der Waals surface area contributed by atoms with Crippen LogP contribution in [0.4, 0.5) is 13.2 Å². The van der Waals surface area contributed by atoms with E-state index in [1.807, 2.05) is 11.8 Å². The molecule has 1 unspecified atom stereocenters. The van der Waals surface area contributed by atoms with E-state index in [4.69, 9.17) is 0 Å². The summed E-state index contributed by atoms with van der Waals surface area (Å²) in [5, 5.41) is 3.19. The molecular weight excluding hydrogens is 395 g/mol. The molecule has 1 heterocycles. The lowest BCUT2D eigenvalue weighted by Crippen LogP contribution is -2.47. The molecule has 0 aromatic carbocycles. The van der Waals surface area contributed by atoms with Crippen molar-refractivity contribution in [2.75, 3.05) is 52.1 Å². The smallest absolute Gasteiger partial charge is 0.357 e. The highest BCUT2D eigenvalue weighted by Crippen LogP contribution is 2.21. The van der Waals surface area contributed by atoms with Crippen molar-refractivity contribution >= 4 is 16.0 Å². The molecule has 28 heavy (non-hydrogen) atoms. The van der Waals surface area contributed by atoms with Gasteiger partial charge in [0.15, 0.2) is 5.96 Å². The lowest BCUT2D eigenvalue weighted by Gasteiger charge is -2.27. The first-order valence-corrected chi connectivity index (χ1v) is 11.4. The predicted molar refractivity (Wildman–Crippen MR) is 106 cm³/mol. The molecule has 1 aliphatic rings. The van der Waals surface area contributed by atoms with E-state index in [0.29, 0.717) is 38.7 Å². The molecule has 0 saturated carbocycles. The van der Waals surface area contributed by atoms with Gasteiger partial charge in [-0.05, 0) is 39.7 Å². The maximum atomic E-state index is 12.7. The van der Waals surface area contributed by atoms with Gasteiger partial charge >= 0.3 is 6.18 Å². The molecule has 0 aliphatic carbocycles. The van der Waals surface area contributed by atoms with Crippen LogP contribution in [0.5, 0.6) is 0 Å². The van der Waals surface area contributed by atoms with E-state index >= 15 is 0 Å². The summed E-state index contributed by atoms with van der Waals surface area (Å²) in [4.78, 5) is 8.02. The van der Waals surface area contributed by atoms with Crippen molar-refractivity contribution in [1.29, 1.82) is 0 Å². The first-order chi connectivity index (χ1) is 12.7. The number of hydrogen-bond acceptors (Lipinski definition) is 4. The molecule has 0 radical (unpaired) electrons. The normalized spacial score (nSPS) is 19.5. The topological polar surface area (TPSA) is 77.0 Å². The van der Waals surface area contributed by atoms with Gasteiger partial charge in [0.25, 0.3) is 0 Å². The Kier molecular flexibility index (Phi) is 9.01. The third kappa shape index (κ3) is 9.92. The third-order valence-corrected chi connectivity index (χ3v) is 5.30.